The molecule has 2 saturated carbocycles. The lowest BCUT2D eigenvalue weighted by atomic mass is 9.65. The number of halogens is 16. The van der Waals surface area contributed by atoms with Crippen LogP contribution in [-0.4, -0.2) is 31.3 Å². The summed E-state index contributed by atoms with van der Waals surface area (Å²) in [5.41, 5.74) is 1.44. The first-order chi connectivity index (χ1) is 22.3. The van der Waals surface area contributed by atoms with E-state index in [0.29, 0.717) is 5.92 Å². The summed E-state index contributed by atoms with van der Waals surface area (Å²) in [6.07, 6.45) is 5.13. The Bertz CT molecular complexity index is 1900. The molecule has 6 rings (SSSR count). The highest BCUT2D eigenvalue weighted by atomic mass is 79.9. The highest BCUT2D eigenvalue weighted by molar-refractivity contribution is 9.35. The average molecular weight is 1700 g/mol. The van der Waals surface area contributed by atoms with Gasteiger partial charge in [-0.15, -0.1) is 0 Å². The van der Waals surface area contributed by atoms with Crippen molar-refractivity contribution in [1.29, 1.82) is 0 Å². The van der Waals surface area contributed by atoms with Crippen LogP contribution >= 0.6 is 255 Å². The molecule has 2 aliphatic carbocycles. The molecule has 0 N–H and O–H groups in total. The Labute approximate surface area is 422 Å². The van der Waals surface area contributed by atoms with Gasteiger partial charge in [-0.05, 0) is 56.6 Å². The van der Waals surface area contributed by atoms with Crippen LogP contribution in [0.15, 0.2) is 54.6 Å². The van der Waals surface area contributed by atoms with Crippen molar-refractivity contribution in [2.24, 2.45) is 5.92 Å². The zero-order valence-electron chi connectivity index (χ0n) is 24.9. The zero-order valence-corrected chi connectivity index (χ0v) is 50.3. The molecule has 2 aliphatic rings. The Morgan fingerprint density at radius 2 is 1.02 bits per heavy atom. The topological polar surface area (TPSA) is 0 Å². The van der Waals surface area contributed by atoms with E-state index in [1.807, 2.05) is 0 Å². The Morgan fingerprint density at radius 3 is 1.61 bits per heavy atom. The second kappa shape index (κ2) is 14.7. The Morgan fingerprint density at radius 1 is 0.510 bits per heavy atom. The molecule has 0 nitrogen and oxygen atoms in total. The van der Waals surface area contributed by atoms with E-state index in [2.05, 4.69) is 316 Å². The summed E-state index contributed by atoms with van der Waals surface area (Å²) in [5, 5.41) is 8.09. The number of fused-ring (bicyclic) bond motifs is 1. The van der Waals surface area contributed by atoms with Gasteiger partial charge in [0.05, 0.1) is 8.65 Å². The van der Waals surface area contributed by atoms with Gasteiger partial charge < -0.3 is 0 Å². The standard InChI is InChI=1S/C33H24Br16/c1-16(20-13-11-19-10-9-17-7-5-8-18-12-14-21(20)23(19)22(17)18)6-3-2-4-15-25(34)27(36,37)24-26(35,30(42,43)29(25,40)41)31(44,45)33(48,49)32(46,47)28(24,38)39/h5,7-14,16,24H,2-4,6,15H2,1H3. The van der Waals surface area contributed by atoms with Crippen LogP contribution in [0, 0.1) is 5.92 Å². The summed E-state index contributed by atoms with van der Waals surface area (Å²) in [7, 11) is 0. The maximum Gasteiger partial charge on any atom is 0.134 e. The highest BCUT2D eigenvalue weighted by Gasteiger charge is 2.92. The summed E-state index contributed by atoms with van der Waals surface area (Å²) in [6, 6.07) is 20.4. The number of hydrogen-bond acceptors (Lipinski definition) is 0. The van der Waals surface area contributed by atoms with Crippen molar-refractivity contribution in [2.75, 3.05) is 0 Å². The van der Waals surface area contributed by atoms with Gasteiger partial charge in [0.25, 0.3) is 0 Å². The molecule has 0 aliphatic heterocycles. The van der Waals surface area contributed by atoms with Crippen LogP contribution in [0.2, 0.25) is 0 Å². The minimum absolute atomic E-state index is 0.274. The smallest absolute Gasteiger partial charge is 0.0803 e. The van der Waals surface area contributed by atoms with E-state index in [9.17, 15) is 0 Å². The van der Waals surface area contributed by atoms with Gasteiger partial charge >= 0.3 is 0 Å². The maximum atomic E-state index is 4.34. The molecule has 0 bridgehead atoms. The number of rotatable bonds is 7. The first-order valence-electron chi connectivity index (χ1n) is 15.0. The molecular formula is C33H24Br16. The van der Waals surface area contributed by atoms with Crippen LogP contribution in [-0.2, 0) is 0 Å². The third-order valence-corrected chi connectivity index (χ3v) is 43.1. The summed E-state index contributed by atoms with van der Waals surface area (Å²) in [4.78, 5) is 0. The van der Waals surface area contributed by atoms with Crippen LogP contribution in [0.25, 0.3) is 32.3 Å². The quantitative estimate of drug-likeness (QED) is 0.0983. The van der Waals surface area contributed by atoms with E-state index in [0.717, 1.165) is 32.1 Å². The van der Waals surface area contributed by atoms with Gasteiger partial charge in [0.15, 0.2) is 0 Å². The molecule has 0 saturated heterocycles. The highest BCUT2D eigenvalue weighted by Crippen LogP contribution is 2.89. The molecule has 4 aromatic carbocycles. The third kappa shape index (κ3) is 6.05. The molecule has 0 heterocycles. The third-order valence-electron chi connectivity index (χ3n) is 10.4. The minimum atomic E-state index is -0.856. The molecular weight excluding hydrogens is 1670 g/mol. The first-order valence-corrected chi connectivity index (χ1v) is 27.7. The van der Waals surface area contributed by atoms with Crippen molar-refractivity contribution in [3.63, 3.8) is 0 Å². The Hall–Kier alpha value is 5.60. The van der Waals surface area contributed by atoms with E-state index >= 15 is 0 Å². The van der Waals surface area contributed by atoms with Crippen molar-refractivity contribution in [3.8, 4) is 0 Å². The van der Waals surface area contributed by atoms with Crippen LogP contribution in [0.1, 0.15) is 50.5 Å². The molecule has 0 radical (unpaired) electrons. The van der Waals surface area contributed by atoms with Gasteiger partial charge in [-0.3, -0.25) is 0 Å². The summed E-state index contributed by atoms with van der Waals surface area (Å²) >= 11 is 66.6. The van der Waals surface area contributed by atoms with Gasteiger partial charge in [-0.1, -0.05) is 336 Å². The van der Waals surface area contributed by atoms with Crippen molar-refractivity contribution in [1.82, 2.24) is 0 Å². The van der Waals surface area contributed by atoms with Crippen molar-refractivity contribution in [3.05, 3.63) is 60.2 Å². The molecule has 49 heavy (non-hydrogen) atoms. The van der Waals surface area contributed by atoms with Crippen LogP contribution in [0.5, 0.6) is 0 Å². The van der Waals surface area contributed by atoms with Crippen molar-refractivity contribution >= 4 is 287 Å². The predicted octanol–water partition coefficient (Wildman–Crippen LogP) is 19.0. The molecule has 16 heteroatoms. The molecule has 4 unspecified atom stereocenters. The Kier molecular flexibility index (Phi) is 13.2. The number of alkyl halides is 16. The summed E-state index contributed by atoms with van der Waals surface area (Å²) < 4.78 is -7.08. The second-order valence-electron chi connectivity index (χ2n) is 13.1. The molecule has 4 atom stereocenters. The molecule has 268 valence electrons. The van der Waals surface area contributed by atoms with Gasteiger partial charge in [0.2, 0.25) is 0 Å². The number of unbranched alkanes of at least 4 members (excludes halogenated alkanes) is 2. The van der Waals surface area contributed by atoms with E-state index in [1.54, 1.807) is 0 Å². The Balaban J connectivity index is 1.26. The lowest BCUT2D eigenvalue weighted by molar-refractivity contribution is 0.175. The van der Waals surface area contributed by atoms with Crippen molar-refractivity contribution < 1.29 is 0 Å². The monoisotopic (exact) mass is 1680 g/mol. The second-order valence-corrected chi connectivity index (χ2v) is 40.0. The predicted molar refractivity (Wildman–Crippen MR) is 273 cm³/mol. The van der Waals surface area contributed by atoms with Crippen molar-refractivity contribution in [2.45, 2.75) is 76.2 Å². The first kappa shape index (κ1) is 44.2. The summed E-state index contributed by atoms with van der Waals surface area (Å²) in [5.74, 6) is 0.168. The number of hydrogen-bond donors (Lipinski definition) is 0. The summed E-state index contributed by atoms with van der Waals surface area (Å²) in [6.45, 7) is 2.38. The van der Waals surface area contributed by atoms with E-state index in [4.69, 9.17) is 0 Å². The molecule has 0 aromatic heterocycles. The normalized spacial score (nSPS) is 31.2. The van der Waals surface area contributed by atoms with Gasteiger partial charge in [0.1, 0.15) is 22.6 Å². The SMILES string of the molecule is CC(CCCCCC1(Br)C(Br)(Br)C2C(Br)(Br)C(Br)(Br)C(Br)(Br)C(Br)(Br)C2(Br)C(Br)(Br)C1(Br)Br)c1ccc2ccc3cccc4ccc1c2c34. The number of benzene rings is 4. The fourth-order valence-corrected chi connectivity index (χ4v) is 29.7. The zero-order chi connectivity index (χ0) is 36.6. The lowest BCUT2D eigenvalue weighted by Gasteiger charge is -2.76. The average Bonchev–Trinajstić information content (AvgIpc) is 3.01. The van der Waals surface area contributed by atoms with E-state index < -0.39 is 31.3 Å². The van der Waals surface area contributed by atoms with E-state index in [-0.39, 0.29) is 5.92 Å². The molecule has 0 spiro atoms. The van der Waals surface area contributed by atoms with Crippen LogP contribution in [0.4, 0.5) is 0 Å². The van der Waals surface area contributed by atoms with Gasteiger partial charge in [-0.25, -0.2) is 0 Å². The van der Waals surface area contributed by atoms with Gasteiger partial charge in [-0.2, -0.15) is 0 Å². The fraction of sp³-hybridized carbons (Fsp3) is 0.515. The van der Waals surface area contributed by atoms with E-state index in [1.165, 1.54) is 37.9 Å². The fourth-order valence-electron chi connectivity index (χ4n) is 7.68. The van der Waals surface area contributed by atoms with Crippen LogP contribution in [0.3, 0.4) is 0 Å². The molecule has 4 aromatic rings. The molecule has 2 fully saturated rings. The molecule has 0 amide bonds. The van der Waals surface area contributed by atoms with Gasteiger partial charge in [0, 0.05) is 5.92 Å². The maximum absolute atomic E-state index is 4.34. The largest absolute Gasteiger partial charge is 0.134 e. The minimum Gasteiger partial charge on any atom is -0.0803 e. The lowest BCUT2D eigenvalue weighted by Crippen LogP contribution is -2.88. The van der Waals surface area contributed by atoms with Crippen LogP contribution < -0.4 is 0 Å².